The fourth-order valence-corrected chi connectivity index (χ4v) is 1.45. The molecule has 108 valence electrons. The van der Waals surface area contributed by atoms with Gasteiger partial charge in [0, 0.05) is 11.6 Å². The van der Waals surface area contributed by atoms with Crippen LogP contribution in [0.5, 0.6) is 0 Å². The van der Waals surface area contributed by atoms with Crippen molar-refractivity contribution in [3.63, 3.8) is 0 Å². The summed E-state index contributed by atoms with van der Waals surface area (Å²) >= 11 is 0. The summed E-state index contributed by atoms with van der Waals surface area (Å²) in [5.41, 5.74) is 1.24. The zero-order chi connectivity index (χ0) is 15.3. The van der Waals surface area contributed by atoms with Crippen LogP contribution < -0.4 is 5.32 Å². The second-order valence-electron chi connectivity index (χ2n) is 4.04. The van der Waals surface area contributed by atoms with E-state index in [1.165, 1.54) is 24.3 Å². The van der Waals surface area contributed by atoms with Gasteiger partial charge in [0.05, 0.1) is 0 Å². The van der Waals surface area contributed by atoms with Crippen molar-refractivity contribution in [2.75, 3.05) is 6.54 Å². The van der Waals surface area contributed by atoms with E-state index in [2.05, 4.69) is 0 Å². The molecule has 0 radical (unpaired) electrons. The minimum absolute atomic E-state index is 0.0826. The van der Waals surface area contributed by atoms with E-state index in [0.717, 1.165) is 6.08 Å². The van der Waals surface area contributed by atoms with E-state index in [1.54, 1.807) is 12.2 Å². The van der Waals surface area contributed by atoms with Crippen molar-refractivity contribution in [3.8, 4) is 0 Å². The zero-order valence-electron chi connectivity index (χ0n) is 10.5. The number of aryl methyl sites for hydroxylation is 1. The van der Waals surface area contributed by atoms with Gasteiger partial charge in [0.25, 0.3) is 5.91 Å². The van der Waals surface area contributed by atoms with Gasteiger partial charge in [-0.05, 0) is 36.3 Å². The third-order valence-corrected chi connectivity index (χ3v) is 2.39. The lowest BCUT2D eigenvalue weighted by molar-refractivity contribution is -0.131. The number of amides is 1. The Morgan fingerprint density at radius 2 is 2.00 bits per heavy atom. The molecule has 7 heteroatoms. The molecule has 0 saturated carbocycles. The summed E-state index contributed by atoms with van der Waals surface area (Å²) in [6, 6.07) is 4.20. The van der Waals surface area contributed by atoms with E-state index >= 15 is 0 Å². The first-order valence-corrected chi connectivity index (χ1v) is 5.55. The van der Waals surface area contributed by atoms with Gasteiger partial charge in [-0.15, -0.1) is 0 Å². The molecule has 0 spiro atoms. The molecule has 1 aromatic rings. The maximum Gasteiger partial charge on any atom is 0.405 e. The second-order valence-corrected chi connectivity index (χ2v) is 4.04. The number of carbonyl (C=O) groups is 2. The minimum atomic E-state index is -4.46. The van der Waals surface area contributed by atoms with Gasteiger partial charge < -0.3 is 10.4 Å². The Morgan fingerprint density at radius 3 is 2.50 bits per heavy atom. The van der Waals surface area contributed by atoms with Crippen LogP contribution in [-0.4, -0.2) is 29.7 Å². The summed E-state index contributed by atoms with van der Waals surface area (Å²) in [5.74, 6) is -1.95. The van der Waals surface area contributed by atoms with Crippen LogP contribution in [0.4, 0.5) is 13.2 Å². The highest BCUT2D eigenvalue weighted by molar-refractivity contribution is 5.95. The Hall–Kier alpha value is -2.31. The molecule has 0 heterocycles. The zero-order valence-corrected chi connectivity index (χ0v) is 10.5. The Morgan fingerprint density at radius 1 is 1.35 bits per heavy atom. The molecule has 0 saturated heterocycles. The number of hydrogen-bond donors (Lipinski definition) is 2. The lowest BCUT2D eigenvalue weighted by Crippen LogP contribution is -2.33. The fraction of sp³-hybridized carbons (Fsp3) is 0.231. The van der Waals surface area contributed by atoms with Crippen molar-refractivity contribution in [3.05, 3.63) is 41.0 Å². The maximum absolute atomic E-state index is 12.0. The van der Waals surface area contributed by atoms with Crippen LogP contribution in [0.2, 0.25) is 0 Å². The topological polar surface area (TPSA) is 66.4 Å². The van der Waals surface area contributed by atoms with Crippen LogP contribution in [0.25, 0.3) is 6.08 Å². The largest absolute Gasteiger partial charge is 0.478 e. The first kappa shape index (κ1) is 15.7. The van der Waals surface area contributed by atoms with Crippen molar-refractivity contribution >= 4 is 18.0 Å². The predicted octanol–water partition coefficient (Wildman–Crippen LogP) is 2.38. The Labute approximate surface area is 112 Å². The van der Waals surface area contributed by atoms with Crippen molar-refractivity contribution in [2.45, 2.75) is 13.1 Å². The Balaban J connectivity index is 2.81. The van der Waals surface area contributed by atoms with Gasteiger partial charge in [-0.1, -0.05) is 6.07 Å². The van der Waals surface area contributed by atoms with E-state index in [1.807, 2.05) is 0 Å². The van der Waals surface area contributed by atoms with E-state index in [9.17, 15) is 22.8 Å². The van der Waals surface area contributed by atoms with Gasteiger partial charge in [-0.2, -0.15) is 13.2 Å². The third kappa shape index (κ3) is 5.13. The second kappa shape index (κ2) is 6.23. The van der Waals surface area contributed by atoms with Crippen LogP contribution in [0.15, 0.2) is 24.3 Å². The van der Waals surface area contributed by atoms with Gasteiger partial charge in [-0.25, -0.2) is 4.79 Å². The molecule has 0 bridgehead atoms. The first-order valence-electron chi connectivity index (χ1n) is 5.55. The van der Waals surface area contributed by atoms with E-state index in [0.29, 0.717) is 11.1 Å². The molecule has 0 atom stereocenters. The lowest BCUT2D eigenvalue weighted by atomic mass is 10.0. The molecular weight excluding hydrogens is 275 g/mol. The third-order valence-electron chi connectivity index (χ3n) is 2.39. The first-order chi connectivity index (χ1) is 9.19. The van der Waals surface area contributed by atoms with Gasteiger partial charge in [0.15, 0.2) is 0 Å². The highest BCUT2D eigenvalue weighted by Crippen LogP contribution is 2.15. The number of nitrogens with one attached hydrogen (secondary N) is 1. The number of carbonyl (C=O) groups excluding carboxylic acids is 1. The molecule has 0 aliphatic rings. The van der Waals surface area contributed by atoms with E-state index in [4.69, 9.17) is 5.11 Å². The Bertz CT molecular complexity index is 550. The number of rotatable bonds is 4. The van der Waals surface area contributed by atoms with Crippen LogP contribution in [0.1, 0.15) is 21.5 Å². The number of halogens is 3. The SMILES string of the molecule is Cc1cc(C(=O)NCC(F)(F)F)ccc1/C=C/C(=O)O. The normalized spacial score (nSPS) is 11.6. The summed E-state index contributed by atoms with van der Waals surface area (Å²) in [5, 5.41) is 10.3. The van der Waals surface area contributed by atoms with Gasteiger partial charge in [-0.3, -0.25) is 4.79 Å². The number of aliphatic carboxylic acids is 1. The maximum atomic E-state index is 12.0. The average Bonchev–Trinajstić information content (AvgIpc) is 2.33. The summed E-state index contributed by atoms with van der Waals surface area (Å²) in [6.07, 6.45) is -2.18. The van der Waals surface area contributed by atoms with Crippen molar-refractivity contribution < 1.29 is 27.9 Å². The van der Waals surface area contributed by atoms with Gasteiger partial charge in [0.2, 0.25) is 0 Å². The van der Waals surface area contributed by atoms with Gasteiger partial charge in [0.1, 0.15) is 6.54 Å². The monoisotopic (exact) mass is 287 g/mol. The van der Waals surface area contributed by atoms with Crippen LogP contribution >= 0.6 is 0 Å². The average molecular weight is 287 g/mol. The quantitative estimate of drug-likeness (QED) is 0.836. The number of hydrogen-bond acceptors (Lipinski definition) is 2. The van der Waals surface area contributed by atoms with E-state index < -0.39 is 24.6 Å². The number of alkyl halides is 3. The molecule has 0 aromatic heterocycles. The Kier molecular flexibility index (Phi) is 4.90. The van der Waals surface area contributed by atoms with E-state index in [-0.39, 0.29) is 5.56 Å². The smallest absolute Gasteiger partial charge is 0.405 e. The van der Waals surface area contributed by atoms with Crippen molar-refractivity contribution in [1.29, 1.82) is 0 Å². The highest BCUT2D eigenvalue weighted by atomic mass is 19.4. The van der Waals surface area contributed by atoms with Crippen LogP contribution in [-0.2, 0) is 4.79 Å². The lowest BCUT2D eigenvalue weighted by Gasteiger charge is -2.09. The predicted molar refractivity (Wildman–Crippen MR) is 66.2 cm³/mol. The van der Waals surface area contributed by atoms with Crippen molar-refractivity contribution in [1.82, 2.24) is 5.32 Å². The molecule has 0 unspecified atom stereocenters. The van der Waals surface area contributed by atoms with Crippen molar-refractivity contribution in [2.24, 2.45) is 0 Å². The number of carboxylic acids is 1. The molecule has 1 amide bonds. The molecule has 0 fully saturated rings. The molecular formula is C13H12F3NO3. The van der Waals surface area contributed by atoms with Crippen LogP contribution in [0, 0.1) is 6.92 Å². The summed E-state index contributed by atoms with van der Waals surface area (Å²) in [6.45, 7) is 0.230. The standard InChI is InChI=1S/C13H12F3NO3/c1-8-6-10(12(20)17-7-13(14,15)16)3-2-9(8)4-5-11(18)19/h2-6H,7H2,1H3,(H,17,20)(H,18,19)/b5-4+. The summed E-state index contributed by atoms with van der Waals surface area (Å²) < 4.78 is 35.9. The van der Waals surface area contributed by atoms with Crippen LogP contribution in [0.3, 0.4) is 0 Å². The summed E-state index contributed by atoms with van der Waals surface area (Å²) in [7, 11) is 0. The van der Waals surface area contributed by atoms with Gasteiger partial charge >= 0.3 is 12.1 Å². The number of benzene rings is 1. The molecule has 0 aliphatic heterocycles. The number of carboxylic acid groups (broad SMARTS) is 1. The molecule has 0 aliphatic carbocycles. The molecule has 1 rings (SSSR count). The summed E-state index contributed by atoms with van der Waals surface area (Å²) in [4.78, 5) is 21.9. The molecule has 1 aromatic carbocycles. The molecule has 20 heavy (non-hydrogen) atoms. The molecule has 2 N–H and O–H groups in total. The fourth-order valence-electron chi connectivity index (χ4n) is 1.45. The highest BCUT2D eigenvalue weighted by Gasteiger charge is 2.27. The minimum Gasteiger partial charge on any atom is -0.478 e. The molecule has 4 nitrogen and oxygen atoms in total.